The van der Waals surface area contributed by atoms with Gasteiger partial charge in [-0.2, -0.15) is 0 Å². The van der Waals surface area contributed by atoms with Crippen LogP contribution in [0.5, 0.6) is 0 Å². The van der Waals surface area contributed by atoms with Crippen LogP contribution in [0, 0.1) is 6.92 Å². The summed E-state index contributed by atoms with van der Waals surface area (Å²) < 4.78 is 0. The molecule has 0 spiro atoms. The predicted molar refractivity (Wildman–Crippen MR) is 84.4 cm³/mol. The Morgan fingerprint density at radius 1 is 1.15 bits per heavy atom. The van der Waals surface area contributed by atoms with Crippen LogP contribution in [0.4, 0.5) is 11.6 Å². The Bertz CT molecular complexity index is 539. The lowest BCUT2D eigenvalue weighted by Crippen LogP contribution is -2.11. The van der Waals surface area contributed by atoms with Crippen molar-refractivity contribution in [3.63, 3.8) is 0 Å². The first kappa shape index (κ1) is 14.7. The maximum atomic E-state index is 4.58. The van der Waals surface area contributed by atoms with Crippen molar-refractivity contribution in [2.75, 3.05) is 17.2 Å². The second kappa shape index (κ2) is 7.19. The summed E-state index contributed by atoms with van der Waals surface area (Å²) in [6.45, 7) is 7.94. The molecule has 0 saturated carbocycles. The fraction of sp³-hybridized carbons (Fsp3) is 0.500. The Morgan fingerprint density at radius 2 is 1.90 bits per heavy atom. The summed E-state index contributed by atoms with van der Waals surface area (Å²) in [4.78, 5) is 14.4. The van der Waals surface area contributed by atoms with Gasteiger partial charge in [0.05, 0.1) is 12.1 Å². The van der Waals surface area contributed by atoms with Gasteiger partial charge >= 0.3 is 0 Å². The molecule has 0 fully saturated rings. The van der Waals surface area contributed by atoms with Gasteiger partial charge in [0, 0.05) is 29.6 Å². The third-order valence-corrected chi connectivity index (χ3v) is 3.74. The van der Waals surface area contributed by atoms with Crippen LogP contribution in [0.3, 0.4) is 0 Å². The minimum absolute atomic E-state index is 0.749. The van der Waals surface area contributed by atoms with Crippen molar-refractivity contribution in [2.24, 2.45) is 0 Å². The highest BCUT2D eigenvalue weighted by molar-refractivity contribution is 7.09. The van der Waals surface area contributed by atoms with E-state index in [1.165, 1.54) is 4.88 Å². The summed E-state index contributed by atoms with van der Waals surface area (Å²) in [5.74, 6) is 2.70. The molecule has 2 heterocycles. The fourth-order valence-electron chi connectivity index (χ4n) is 1.81. The zero-order chi connectivity index (χ0) is 14.4. The zero-order valence-electron chi connectivity index (χ0n) is 12.2. The minimum atomic E-state index is 0.749. The molecular formula is C14H21N5S. The summed E-state index contributed by atoms with van der Waals surface area (Å²) in [5.41, 5.74) is 2.91. The molecule has 2 N–H and O–H groups in total. The first-order chi connectivity index (χ1) is 9.74. The summed E-state index contributed by atoms with van der Waals surface area (Å²) >= 11 is 1.64. The number of rotatable bonds is 7. The van der Waals surface area contributed by atoms with Gasteiger partial charge in [0.2, 0.25) is 0 Å². The van der Waals surface area contributed by atoms with Crippen molar-refractivity contribution in [3.05, 3.63) is 28.0 Å². The predicted octanol–water partition coefficient (Wildman–Crippen LogP) is 3.24. The number of aromatic nitrogens is 3. The van der Waals surface area contributed by atoms with E-state index < -0.39 is 0 Å². The van der Waals surface area contributed by atoms with Gasteiger partial charge in [-0.15, -0.1) is 11.3 Å². The van der Waals surface area contributed by atoms with Gasteiger partial charge in [0.1, 0.15) is 17.5 Å². The number of nitrogens with zero attached hydrogens (tertiary/aromatic N) is 3. The highest BCUT2D eigenvalue weighted by Crippen LogP contribution is 2.21. The van der Waals surface area contributed by atoms with Crippen molar-refractivity contribution >= 4 is 23.0 Å². The topological polar surface area (TPSA) is 62.7 Å². The average Bonchev–Trinajstić information content (AvgIpc) is 2.98. The van der Waals surface area contributed by atoms with Crippen molar-refractivity contribution in [1.29, 1.82) is 0 Å². The number of hydrogen-bond acceptors (Lipinski definition) is 6. The van der Waals surface area contributed by atoms with Crippen LogP contribution >= 0.6 is 11.3 Å². The number of thiazole rings is 1. The maximum absolute atomic E-state index is 4.58. The van der Waals surface area contributed by atoms with E-state index in [4.69, 9.17) is 0 Å². The molecule has 0 aromatic carbocycles. The van der Waals surface area contributed by atoms with Gasteiger partial charge in [-0.3, -0.25) is 4.98 Å². The van der Waals surface area contributed by atoms with E-state index in [9.17, 15) is 0 Å². The van der Waals surface area contributed by atoms with Crippen LogP contribution in [-0.2, 0) is 13.0 Å². The van der Waals surface area contributed by atoms with E-state index in [0.717, 1.165) is 49.0 Å². The number of anilines is 2. The molecule has 0 unspecified atom stereocenters. The second-order valence-electron chi connectivity index (χ2n) is 4.56. The van der Waals surface area contributed by atoms with Gasteiger partial charge in [-0.1, -0.05) is 13.8 Å². The molecule has 5 nitrogen and oxygen atoms in total. The molecule has 0 aliphatic heterocycles. The van der Waals surface area contributed by atoms with E-state index in [0.29, 0.717) is 0 Å². The Kier molecular flexibility index (Phi) is 5.29. The van der Waals surface area contributed by atoms with Crippen molar-refractivity contribution in [1.82, 2.24) is 15.0 Å². The highest BCUT2D eigenvalue weighted by atomic mass is 32.1. The van der Waals surface area contributed by atoms with Gasteiger partial charge in [-0.05, 0) is 13.3 Å². The second-order valence-corrected chi connectivity index (χ2v) is 5.53. The smallest absolute Gasteiger partial charge is 0.135 e. The van der Waals surface area contributed by atoms with Crippen molar-refractivity contribution in [3.8, 4) is 0 Å². The summed E-state index contributed by atoms with van der Waals surface area (Å²) in [6, 6.07) is 0. The molecule has 0 aliphatic rings. The Labute approximate surface area is 123 Å². The molecule has 20 heavy (non-hydrogen) atoms. The van der Waals surface area contributed by atoms with E-state index >= 15 is 0 Å². The van der Waals surface area contributed by atoms with Gasteiger partial charge in [0.15, 0.2) is 0 Å². The fourth-order valence-corrected chi connectivity index (χ4v) is 2.34. The highest BCUT2D eigenvalue weighted by Gasteiger charge is 2.10. The number of hydrogen-bond donors (Lipinski definition) is 2. The molecule has 2 aromatic rings. The van der Waals surface area contributed by atoms with Crippen LogP contribution in [0.2, 0.25) is 0 Å². The van der Waals surface area contributed by atoms with E-state index in [-0.39, 0.29) is 0 Å². The van der Waals surface area contributed by atoms with Crippen LogP contribution in [0.25, 0.3) is 0 Å². The zero-order valence-corrected chi connectivity index (χ0v) is 13.0. The maximum Gasteiger partial charge on any atom is 0.135 e. The van der Waals surface area contributed by atoms with Crippen LogP contribution in [-0.4, -0.2) is 21.5 Å². The molecule has 2 rings (SSSR count). The molecule has 0 amide bonds. The quantitative estimate of drug-likeness (QED) is 0.820. The summed E-state index contributed by atoms with van der Waals surface area (Å²) in [6.07, 6.45) is 3.79. The van der Waals surface area contributed by atoms with Gasteiger partial charge < -0.3 is 10.6 Å². The molecule has 2 aromatic heterocycles. The summed E-state index contributed by atoms with van der Waals surface area (Å²) in [7, 11) is 0. The van der Waals surface area contributed by atoms with Gasteiger partial charge in [-0.25, -0.2) is 9.97 Å². The lowest BCUT2D eigenvalue weighted by Gasteiger charge is -2.14. The molecular weight excluding hydrogens is 270 g/mol. The van der Waals surface area contributed by atoms with Crippen LogP contribution in [0.15, 0.2) is 11.7 Å². The van der Waals surface area contributed by atoms with E-state index in [1.54, 1.807) is 11.3 Å². The molecule has 0 aliphatic carbocycles. The Hall–Kier alpha value is -1.69. The molecule has 0 atom stereocenters. The van der Waals surface area contributed by atoms with Crippen LogP contribution < -0.4 is 10.6 Å². The largest absolute Gasteiger partial charge is 0.370 e. The molecule has 0 radical (unpaired) electrons. The lowest BCUT2D eigenvalue weighted by molar-refractivity contribution is 0.904. The first-order valence-electron chi connectivity index (χ1n) is 6.97. The monoisotopic (exact) mass is 291 g/mol. The Morgan fingerprint density at radius 3 is 2.50 bits per heavy atom. The summed E-state index contributed by atoms with van der Waals surface area (Å²) in [5, 5.41) is 6.76. The molecule has 108 valence electrons. The molecule has 0 bridgehead atoms. The third kappa shape index (κ3) is 3.66. The molecule has 0 saturated heterocycles. The molecule has 6 heteroatoms. The van der Waals surface area contributed by atoms with Crippen molar-refractivity contribution in [2.45, 2.75) is 40.2 Å². The standard InChI is InChI=1S/C14H21N5S/c1-4-6-16-13-10(3)14(19-12(5-2)18-13)17-8-11-7-15-9-20-11/h7,9H,4-6,8H2,1-3H3,(H2,16,17,18,19). The average molecular weight is 291 g/mol. The first-order valence-corrected chi connectivity index (χ1v) is 7.85. The number of nitrogens with one attached hydrogen (secondary N) is 2. The van der Waals surface area contributed by atoms with Crippen molar-refractivity contribution < 1.29 is 0 Å². The van der Waals surface area contributed by atoms with Gasteiger partial charge in [0.25, 0.3) is 0 Å². The normalized spacial score (nSPS) is 10.6. The number of aryl methyl sites for hydroxylation is 1. The third-order valence-electron chi connectivity index (χ3n) is 2.96. The Balaban J connectivity index is 2.17. The van der Waals surface area contributed by atoms with E-state index in [1.807, 2.05) is 18.6 Å². The SMILES string of the molecule is CCCNc1nc(CC)nc(NCc2cncs2)c1C. The lowest BCUT2D eigenvalue weighted by atomic mass is 10.2. The minimum Gasteiger partial charge on any atom is -0.370 e. The van der Waals surface area contributed by atoms with E-state index in [2.05, 4.69) is 39.4 Å². The van der Waals surface area contributed by atoms with Crippen LogP contribution in [0.1, 0.15) is 36.5 Å².